The van der Waals surface area contributed by atoms with E-state index in [9.17, 15) is 4.39 Å². The molecule has 0 spiro atoms. The Morgan fingerprint density at radius 2 is 1.87 bits per heavy atom. The van der Waals surface area contributed by atoms with E-state index >= 15 is 0 Å². The highest BCUT2D eigenvalue weighted by atomic mass is 35.5. The van der Waals surface area contributed by atoms with Crippen LogP contribution in [0.5, 0.6) is 0 Å². The molecule has 15 heavy (non-hydrogen) atoms. The van der Waals surface area contributed by atoms with E-state index in [-0.39, 0.29) is 6.67 Å². The minimum Gasteiger partial charge on any atom is -0.313 e. The second-order valence-electron chi connectivity index (χ2n) is 3.74. The van der Waals surface area contributed by atoms with Crippen molar-refractivity contribution in [3.63, 3.8) is 0 Å². The third kappa shape index (κ3) is 3.80. The summed E-state index contributed by atoms with van der Waals surface area (Å²) in [5.74, 6) is 0. The number of halogens is 2. The Hall–Kier alpha value is -0.600. The molecule has 0 saturated carbocycles. The molecule has 0 heterocycles. The molecule has 0 aromatic heterocycles. The first-order chi connectivity index (χ1) is 7.15. The van der Waals surface area contributed by atoms with Gasteiger partial charge in [-0.15, -0.1) is 0 Å². The standard InChI is InChI=1S/C12H17ClFN/c1-9-6-11(13)7-10(2)12(9)8-15-5-3-4-14/h6-7,15H,3-5,8H2,1-2H3. The van der Waals surface area contributed by atoms with Gasteiger partial charge >= 0.3 is 0 Å². The van der Waals surface area contributed by atoms with Crippen LogP contribution >= 0.6 is 11.6 Å². The van der Waals surface area contributed by atoms with Gasteiger partial charge in [-0.1, -0.05) is 11.6 Å². The summed E-state index contributed by atoms with van der Waals surface area (Å²) in [6, 6.07) is 3.92. The zero-order valence-corrected chi connectivity index (χ0v) is 9.99. The van der Waals surface area contributed by atoms with Gasteiger partial charge in [0.25, 0.3) is 0 Å². The highest BCUT2D eigenvalue weighted by Crippen LogP contribution is 2.19. The van der Waals surface area contributed by atoms with Crippen molar-refractivity contribution in [2.24, 2.45) is 0 Å². The van der Waals surface area contributed by atoms with Gasteiger partial charge in [0, 0.05) is 11.6 Å². The molecule has 0 radical (unpaired) electrons. The molecule has 0 bridgehead atoms. The van der Waals surface area contributed by atoms with Crippen LogP contribution in [0, 0.1) is 13.8 Å². The zero-order chi connectivity index (χ0) is 11.3. The van der Waals surface area contributed by atoms with Gasteiger partial charge < -0.3 is 5.32 Å². The molecule has 0 fully saturated rings. The maximum absolute atomic E-state index is 11.9. The van der Waals surface area contributed by atoms with E-state index in [0.29, 0.717) is 6.42 Å². The lowest BCUT2D eigenvalue weighted by atomic mass is 10.0. The summed E-state index contributed by atoms with van der Waals surface area (Å²) in [7, 11) is 0. The molecule has 1 N–H and O–H groups in total. The highest BCUT2D eigenvalue weighted by Gasteiger charge is 2.03. The summed E-state index contributed by atoms with van der Waals surface area (Å²) in [5, 5.41) is 4.00. The lowest BCUT2D eigenvalue weighted by Gasteiger charge is -2.11. The Bertz CT molecular complexity index is 302. The Morgan fingerprint density at radius 1 is 1.27 bits per heavy atom. The number of benzene rings is 1. The van der Waals surface area contributed by atoms with E-state index in [2.05, 4.69) is 5.32 Å². The normalized spacial score (nSPS) is 10.7. The fourth-order valence-electron chi connectivity index (χ4n) is 1.62. The molecule has 1 nitrogen and oxygen atoms in total. The molecule has 84 valence electrons. The smallest absolute Gasteiger partial charge is 0.0906 e. The predicted molar refractivity (Wildman–Crippen MR) is 63.2 cm³/mol. The van der Waals surface area contributed by atoms with Crippen LogP contribution in [0.15, 0.2) is 12.1 Å². The molecule has 0 atom stereocenters. The minimum absolute atomic E-state index is 0.258. The van der Waals surface area contributed by atoms with Gasteiger partial charge in [-0.25, -0.2) is 0 Å². The van der Waals surface area contributed by atoms with Gasteiger partial charge in [0.2, 0.25) is 0 Å². The lowest BCUT2D eigenvalue weighted by molar-refractivity contribution is 0.459. The SMILES string of the molecule is Cc1cc(Cl)cc(C)c1CNCCCF. The largest absolute Gasteiger partial charge is 0.313 e. The van der Waals surface area contributed by atoms with Crippen molar-refractivity contribution in [2.75, 3.05) is 13.2 Å². The molecule has 0 aliphatic carbocycles. The van der Waals surface area contributed by atoms with E-state index in [1.54, 1.807) is 0 Å². The van der Waals surface area contributed by atoms with Crippen molar-refractivity contribution in [3.05, 3.63) is 33.8 Å². The van der Waals surface area contributed by atoms with Crippen molar-refractivity contribution in [1.29, 1.82) is 0 Å². The highest BCUT2D eigenvalue weighted by molar-refractivity contribution is 6.30. The fourth-order valence-corrected chi connectivity index (χ4v) is 1.95. The predicted octanol–water partition coefficient (Wildman–Crippen LogP) is 3.41. The van der Waals surface area contributed by atoms with Gasteiger partial charge in [0.15, 0.2) is 0 Å². The lowest BCUT2D eigenvalue weighted by Crippen LogP contribution is -2.16. The number of nitrogens with one attached hydrogen (secondary N) is 1. The van der Waals surface area contributed by atoms with Crippen molar-refractivity contribution in [1.82, 2.24) is 5.32 Å². The van der Waals surface area contributed by atoms with Crippen LogP contribution in [0.3, 0.4) is 0 Å². The summed E-state index contributed by atoms with van der Waals surface area (Å²) < 4.78 is 11.9. The Balaban J connectivity index is 2.60. The van der Waals surface area contributed by atoms with Gasteiger partial charge in [0.05, 0.1) is 6.67 Å². The molecule has 0 aliphatic heterocycles. The summed E-state index contributed by atoms with van der Waals surface area (Å²) in [4.78, 5) is 0. The van der Waals surface area contributed by atoms with E-state index in [1.807, 2.05) is 26.0 Å². The molecule has 0 amide bonds. The van der Waals surface area contributed by atoms with E-state index in [4.69, 9.17) is 11.6 Å². The summed E-state index contributed by atoms with van der Waals surface area (Å²) in [6.45, 7) is 5.34. The summed E-state index contributed by atoms with van der Waals surface area (Å²) in [6.07, 6.45) is 0.575. The molecule has 1 aromatic carbocycles. The average Bonchev–Trinajstić information content (AvgIpc) is 2.15. The van der Waals surface area contributed by atoms with Crippen molar-refractivity contribution < 1.29 is 4.39 Å². The average molecular weight is 230 g/mol. The topological polar surface area (TPSA) is 12.0 Å². The number of hydrogen-bond acceptors (Lipinski definition) is 1. The van der Waals surface area contributed by atoms with Gasteiger partial charge in [0.1, 0.15) is 0 Å². The van der Waals surface area contributed by atoms with Gasteiger partial charge in [-0.3, -0.25) is 4.39 Å². The molecule has 1 aromatic rings. The third-order valence-corrected chi connectivity index (χ3v) is 2.67. The first-order valence-corrected chi connectivity index (χ1v) is 5.55. The zero-order valence-electron chi connectivity index (χ0n) is 9.24. The number of hydrogen-bond donors (Lipinski definition) is 1. The van der Waals surface area contributed by atoms with E-state index < -0.39 is 0 Å². The first kappa shape index (κ1) is 12.5. The van der Waals surface area contributed by atoms with Crippen LogP contribution in [0.4, 0.5) is 4.39 Å². The maximum Gasteiger partial charge on any atom is 0.0906 e. The van der Waals surface area contributed by atoms with Crippen molar-refractivity contribution in [3.8, 4) is 0 Å². The second-order valence-corrected chi connectivity index (χ2v) is 4.17. The molecule has 0 aliphatic rings. The Labute approximate surface area is 95.6 Å². The van der Waals surface area contributed by atoms with Gasteiger partial charge in [-0.2, -0.15) is 0 Å². The van der Waals surface area contributed by atoms with Crippen molar-refractivity contribution in [2.45, 2.75) is 26.8 Å². The Morgan fingerprint density at radius 3 is 2.40 bits per heavy atom. The van der Waals surface area contributed by atoms with Crippen LogP contribution in [0.25, 0.3) is 0 Å². The maximum atomic E-state index is 11.9. The van der Waals surface area contributed by atoms with Crippen LogP contribution in [0.1, 0.15) is 23.1 Å². The molecular formula is C12H17ClFN. The molecule has 3 heteroatoms. The third-order valence-electron chi connectivity index (χ3n) is 2.45. The molecular weight excluding hydrogens is 213 g/mol. The van der Waals surface area contributed by atoms with Crippen molar-refractivity contribution >= 4 is 11.6 Å². The monoisotopic (exact) mass is 229 g/mol. The van der Waals surface area contributed by atoms with E-state index in [1.165, 1.54) is 16.7 Å². The van der Waals surface area contributed by atoms with Crippen LogP contribution < -0.4 is 5.32 Å². The number of aryl methyl sites for hydroxylation is 2. The van der Waals surface area contributed by atoms with Crippen LogP contribution in [-0.2, 0) is 6.54 Å². The number of rotatable bonds is 5. The fraction of sp³-hybridized carbons (Fsp3) is 0.500. The summed E-state index contributed by atoms with van der Waals surface area (Å²) in [5.41, 5.74) is 3.64. The van der Waals surface area contributed by atoms with Gasteiger partial charge in [-0.05, 0) is 55.6 Å². The minimum atomic E-state index is -0.258. The molecule has 1 rings (SSSR count). The quantitative estimate of drug-likeness (QED) is 0.764. The number of alkyl halides is 1. The second kappa shape index (κ2) is 6.09. The van der Waals surface area contributed by atoms with Crippen LogP contribution in [0.2, 0.25) is 5.02 Å². The molecule has 0 unspecified atom stereocenters. The Kier molecular flexibility index (Phi) is 5.06. The molecule has 0 saturated heterocycles. The summed E-state index contributed by atoms with van der Waals surface area (Å²) >= 11 is 5.94. The van der Waals surface area contributed by atoms with E-state index in [0.717, 1.165) is 18.1 Å². The van der Waals surface area contributed by atoms with Crippen LogP contribution in [-0.4, -0.2) is 13.2 Å². The first-order valence-electron chi connectivity index (χ1n) is 5.17.